The van der Waals surface area contributed by atoms with Crippen molar-refractivity contribution in [3.63, 3.8) is 0 Å². The van der Waals surface area contributed by atoms with E-state index in [1.165, 1.54) is 0 Å². The van der Waals surface area contributed by atoms with Crippen LogP contribution in [0.3, 0.4) is 0 Å². The zero-order chi connectivity index (χ0) is 2.71. The molecular formula is CH3BLiO+. The molecule has 0 bridgehead atoms. The molecule has 0 aliphatic carbocycles. The summed E-state index contributed by atoms with van der Waals surface area (Å²) < 4.78 is 0. The zero-order valence-electron chi connectivity index (χ0n) is 4.56. The second kappa shape index (κ2) is 10.2. The summed E-state index contributed by atoms with van der Waals surface area (Å²) in [4.78, 5) is 8.58. The van der Waals surface area contributed by atoms with Gasteiger partial charge in [-0.25, -0.2) is 0 Å². The molecule has 0 aliphatic heterocycles. The van der Waals surface area contributed by atoms with Crippen molar-refractivity contribution in [1.82, 2.24) is 0 Å². The summed E-state index contributed by atoms with van der Waals surface area (Å²) in [7, 11) is 4.17. The second-order valence-electron chi connectivity index (χ2n) is 0.136. The molecule has 0 aromatic rings. The Bertz CT molecular complexity index is 21.0. The topological polar surface area (TPSA) is 17.1 Å². The average Bonchev–Trinajstić information content (AvgIpc) is 0.918. The first-order valence-corrected chi connectivity index (χ1v) is 0.569. The van der Waals surface area contributed by atoms with Crippen LogP contribution < -0.4 is 18.9 Å². The molecule has 0 saturated carbocycles. The summed E-state index contributed by atoms with van der Waals surface area (Å²) in [5, 5.41) is 0. The molecule has 0 unspecified atom stereocenters. The predicted octanol–water partition coefficient (Wildman–Crippen LogP) is -3.43. The summed E-state index contributed by atoms with van der Waals surface area (Å²) in [6.07, 6.45) is 0.250. The summed E-state index contributed by atoms with van der Waals surface area (Å²) >= 11 is 0. The molecule has 0 amide bonds. The SMILES string of the molecule is [B]C=O.[H+].[H-].[Li+]. The van der Waals surface area contributed by atoms with Gasteiger partial charge in [0.15, 0.2) is 7.85 Å². The first-order chi connectivity index (χ1) is 1.41. The summed E-state index contributed by atoms with van der Waals surface area (Å²) in [5.74, 6) is 0. The Morgan fingerprint density at radius 1 is 2.25 bits per heavy atom. The molecule has 0 aromatic carbocycles. The molecule has 0 fully saturated rings. The van der Waals surface area contributed by atoms with Gasteiger partial charge in [0.1, 0.15) is 0 Å². The fourth-order valence-electron chi connectivity index (χ4n) is 0. The van der Waals surface area contributed by atoms with Crippen molar-refractivity contribution in [1.29, 1.82) is 0 Å². The Balaban J connectivity index is -0.00000000667. The van der Waals surface area contributed by atoms with E-state index in [0.717, 1.165) is 0 Å². The normalized spacial score (nSPS) is 3.00. The molecule has 4 heavy (non-hydrogen) atoms. The standard InChI is InChI=1S/CHBO.Li.H/c2-1-3;;/h1H;;/q;+1;-1/p+1. The van der Waals surface area contributed by atoms with Gasteiger partial charge in [0.25, 0.3) is 0 Å². The maximum absolute atomic E-state index is 8.58. The van der Waals surface area contributed by atoms with Crippen LogP contribution in [0.1, 0.15) is 2.85 Å². The van der Waals surface area contributed by atoms with Crippen LogP contribution >= 0.6 is 0 Å². The molecule has 0 N–H and O–H groups in total. The number of carbonyl (C=O) groups is 1. The Hall–Kier alpha value is 0.332. The summed E-state index contributed by atoms with van der Waals surface area (Å²) in [5.41, 5.74) is 0. The fraction of sp³-hybridized carbons (Fsp3) is 0. The molecule has 0 rings (SSSR count). The van der Waals surface area contributed by atoms with E-state index in [4.69, 9.17) is 4.79 Å². The van der Waals surface area contributed by atoms with Gasteiger partial charge in [-0.2, -0.15) is 0 Å². The number of hydrogen-bond donors (Lipinski definition) is 0. The molecule has 2 radical (unpaired) electrons. The van der Waals surface area contributed by atoms with Gasteiger partial charge in [-0.05, 0) is 0 Å². The van der Waals surface area contributed by atoms with Gasteiger partial charge in [0, 0.05) is 0 Å². The van der Waals surface area contributed by atoms with Gasteiger partial charge >= 0.3 is 20.3 Å². The van der Waals surface area contributed by atoms with Crippen molar-refractivity contribution >= 4 is 14.0 Å². The molecule has 0 aliphatic rings. The third-order valence-electron chi connectivity index (χ3n) is 0. The Labute approximate surface area is 41.3 Å². The third kappa shape index (κ3) is 37.5. The molecule has 1 nitrogen and oxygen atoms in total. The first kappa shape index (κ1) is 8.84. The van der Waals surface area contributed by atoms with Crippen molar-refractivity contribution in [2.24, 2.45) is 0 Å². The summed E-state index contributed by atoms with van der Waals surface area (Å²) in [6.45, 7) is 0. The molecule has 3 heteroatoms. The van der Waals surface area contributed by atoms with Crippen LogP contribution in [0, 0.1) is 0 Å². The van der Waals surface area contributed by atoms with E-state index in [2.05, 4.69) is 7.85 Å². The van der Waals surface area contributed by atoms with Crippen LogP contribution in [0.4, 0.5) is 0 Å². The van der Waals surface area contributed by atoms with E-state index in [1.807, 2.05) is 0 Å². The first-order valence-electron chi connectivity index (χ1n) is 0.569. The Morgan fingerprint density at radius 2 is 2.25 bits per heavy atom. The molecule has 0 atom stereocenters. The van der Waals surface area contributed by atoms with E-state index in [1.54, 1.807) is 0 Å². The van der Waals surface area contributed by atoms with Gasteiger partial charge in [0.2, 0.25) is 0 Å². The van der Waals surface area contributed by atoms with E-state index in [-0.39, 0.29) is 27.9 Å². The van der Waals surface area contributed by atoms with Gasteiger partial charge in [-0.15, -0.1) is 0 Å². The third-order valence-corrected chi connectivity index (χ3v) is 0. The maximum Gasteiger partial charge on any atom is 1.00 e. The van der Waals surface area contributed by atoms with Gasteiger partial charge in [0.05, 0.1) is 6.19 Å². The Morgan fingerprint density at radius 3 is 2.25 bits per heavy atom. The van der Waals surface area contributed by atoms with E-state index >= 15 is 0 Å². The fourth-order valence-corrected chi connectivity index (χ4v) is 0. The van der Waals surface area contributed by atoms with Crippen LogP contribution in [-0.2, 0) is 4.79 Å². The van der Waals surface area contributed by atoms with Crippen molar-refractivity contribution in [2.75, 3.05) is 0 Å². The van der Waals surface area contributed by atoms with E-state index in [0.29, 0.717) is 0 Å². The van der Waals surface area contributed by atoms with Crippen LogP contribution in [0.5, 0.6) is 0 Å². The largest absolute Gasteiger partial charge is 1.00 e. The minimum atomic E-state index is 0. The number of hydrogen-bond acceptors (Lipinski definition) is 1. The number of rotatable bonds is 0. The molecule has 0 aromatic heterocycles. The van der Waals surface area contributed by atoms with Gasteiger partial charge in [-0.3, -0.25) is 0 Å². The molecular weight excluding hydrogens is 45.8 g/mol. The minimum Gasteiger partial charge on any atom is -1.00 e. The predicted molar refractivity (Wildman–Crippen MR) is 14.7 cm³/mol. The van der Waals surface area contributed by atoms with Crippen molar-refractivity contribution in [3.8, 4) is 0 Å². The minimum absolute atomic E-state index is 0. The van der Waals surface area contributed by atoms with E-state index < -0.39 is 0 Å². The maximum atomic E-state index is 8.58. The number of carbonyl (C=O) groups excluding carboxylic acids is 1. The van der Waals surface area contributed by atoms with Crippen LogP contribution in [0.15, 0.2) is 0 Å². The summed E-state index contributed by atoms with van der Waals surface area (Å²) in [6, 6.07) is 0. The van der Waals surface area contributed by atoms with Crippen molar-refractivity contribution in [3.05, 3.63) is 0 Å². The molecule has 0 saturated heterocycles. The average molecular weight is 48.8 g/mol. The van der Waals surface area contributed by atoms with Crippen molar-refractivity contribution in [2.45, 2.75) is 0 Å². The van der Waals surface area contributed by atoms with Crippen LogP contribution in [-0.4, -0.2) is 14.0 Å². The van der Waals surface area contributed by atoms with Gasteiger partial charge < -0.3 is 6.22 Å². The zero-order valence-corrected chi connectivity index (χ0v) is 2.56. The van der Waals surface area contributed by atoms with Crippen molar-refractivity contribution < 1.29 is 26.5 Å². The smallest absolute Gasteiger partial charge is 1.00 e. The van der Waals surface area contributed by atoms with Gasteiger partial charge in [-0.1, -0.05) is 0 Å². The molecule has 16 valence electrons. The quantitative estimate of drug-likeness (QED) is 0.206. The Kier molecular flexibility index (Phi) is 22.6. The van der Waals surface area contributed by atoms with Crippen LogP contribution in [0.2, 0.25) is 0 Å². The van der Waals surface area contributed by atoms with Crippen LogP contribution in [0.25, 0.3) is 0 Å². The molecule has 0 heterocycles. The monoisotopic (exact) mass is 49.0 g/mol. The second-order valence-corrected chi connectivity index (χ2v) is 0.136. The van der Waals surface area contributed by atoms with E-state index in [9.17, 15) is 0 Å². The molecule has 0 spiro atoms.